The normalized spacial score (nSPS) is 19.7. The van der Waals surface area contributed by atoms with Gasteiger partial charge in [0.05, 0.1) is 32.0 Å². The van der Waals surface area contributed by atoms with Crippen LogP contribution in [0.4, 0.5) is 4.79 Å². The Morgan fingerprint density at radius 1 is 1.27 bits per heavy atom. The minimum atomic E-state index is -0.876. The van der Waals surface area contributed by atoms with Gasteiger partial charge in [0.1, 0.15) is 11.3 Å². The second-order valence-corrected chi connectivity index (χ2v) is 8.55. The van der Waals surface area contributed by atoms with Crippen molar-refractivity contribution in [2.75, 3.05) is 13.2 Å². The molecule has 0 N–H and O–H groups in total. The third-order valence-electron chi connectivity index (χ3n) is 4.48. The maximum atomic E-state index is 13.0. The highest BCUT2D eigenvalue weighted by molar-refractivity contribution is 5.82. The fourth-order valence-electron chi connectivity index (χ4n) is 3.17. The quantitative estimate of drug-likeness (QED) is 0.490. The molecule has 0 aromatic heterocycles. The molecule has 1 heterocycles. The van der Waals surface area contributed by atoms with Crippen molar-refractivity contribution in [1.29, 1.82) is 0 Å². The van der Waals surface area contributed by atoms with Gasteiger partial charge in [-0.15, -0.1) is 0 Å². The maximum Gasteiger partial charge on any atom is 0.413 e. The number of ether oxygens (including phenoxy) is 4. The number of hydrogen-bond acceptors (Lipinski definition) is 6. The minimum absolute atomic E-state index is 0.249. The molecule has 1 fully saturated rings. The van der Waals surface area contributed by atoms with Crippen molar-refractivity contribution in [2.24, 2.45) is 0 Å². The number of nitrogens with zero attached hydrogens (tertiary/aromatic N) is 1. The zero-order valence-corrected chi connectivity index (χ0v) is 18.7. The van der Waals surface area contributed by atoms with Gasteiger partial charge in [-0.05, 0) is 53.2 Å². The Labute approximate surface area is 178 Å². The second kappa shape index (κ2) is 10.1. The molecule has 0 bridgehead atoms. The Hall–Kier alpha value is -2.38. The van der Waals surface area contributed by atoms with Crippen LogP contribution in [-0.4, -0.2) is 53.6 Å². The maximum absolute atomic E-state index is 13.0. The van der Waals surface area contributed by atoms with Crippen molar-refractivity contribution >= 4 is 12.1 Å². The van der Waals surface area contributed by atoms with E-state index >= 15 is 0 Å². The molecule has 1 aliphatic heterocycles. The molecule has 0 aliphatic carbocycles. The summed E-state index contributed by atoms with van der Waals surface area (Å²) in [5.41, 5.74) is -0.547. The van der Waals surface area contributed by atoms with Crippen LogP contribution in [0.5, 0.6) is 0 Å². The Kier molecular flexibility index (Phi) is 8.03. The molecule has 1 amide bonds. The van der Waals surface area contributed by atoms with E-state index < -0.39 is 35.5 Å². The molecule has 0 radical (unpaired) electrons. The van der Waals surface area contributed by atoms with E-state index in [2.05, 4.69) is 0 Å². The van der Waals surface area contributed by atoms with Gasteiger partial charge in [0.25, 0.3) is 0 Å². The van der Waals surface area contributed by atoms with E-state index in [9.17, 15) is 9.59 Å². The fraction of sp³-hybridized carbons (Fsp3) is 0.565. The van der Waals surface area contributed by atoms with Gasteiger partial charge in [-0.3, -0.25) is 4.90 Å². The van der Waals surface area contributed by atoms with E-state index in [4.69, 9.17) is 18.9 Å². The van der Waals surface area contributed by atoms with Crippen molar-refractivity contribution in [3.63, 3.8) is 0 Å². The van der Waals surface area contributed by atoms with Gasteiger partial charge in [0.2, 0.25) is 0 Å². The second-order valence-electron chi connectivity index (χ2n) is 8.55. The summed E-state index contributed by atoms with van der Waals surface area (Å²) in [7, 11) is 0. The number of rotatable bonds is 7. The van der Waals surface area contributed by atoms with Crippen LogP contribution < -0.4 is 0 Å². The number of amides is 1. The predicted octanol–water partition coefficient (Wildman–Crippen LogP) is 4.06. The Bertz CT molecular complexity index is 738. The first kappa shape index (κ1) is 23.9. The number of hydrogen-bond donors (Lipinski definition) is 0. The van der Waals surface area contributed by atoms with Crippen LogP contribution in [-0.2, 0) is 30.3 Å². The lowest BCUT2D eigenvalue weighted by atomic mass is 10.1. The van der Waals surface area contributed by atoms with Gasteiger partial charge >= 0.3 is 12.1 Å². The Morgan fingerprint density at radius 3 is 2.53 bits per heavy atom. The molecule has 30 heavy (non-hydrogen) atoms. The molecule has 0 spiro atoms. The highest BCUT2D eigenvalue weighted by atomic mass is 16.6. The smallest absolute Gasteiger partial charge is 0.413 e. The summed E-state index contributed by atoms with van der Waals surface area (Å²) in [6.07, 6.45) is 1.86. The third kappa shape index (κ3) is 6.85. The van der Waals surface area contributed by atoms with Gasteiger partial charge in [-0.1, -0.05) is 30.3 Å². The molecule has 0 unspecified atom stereocenters. The van der Waals surface area contributed by atoms with Crippen molar-refractivity contribution in [3.8, 4) is 0 Å². The molecule has 1 aromatic carbocycles. The van der Waals surface area contributed by atoms with Gasteiger partial charge in [-0.25, -0.2) is 9.59 Å². The van der Waals surface area contributed by atoms with E-state index in [1.165, 1.54) is 6.08 Å². The first-order valence-corrected chi connectivity index (χ1v) is 10.2. The average molecular weight is 420 g/mol. The lowest BCUT2D eigenvalue weighted by molar-refractivity contribution is -0.137. The van der Waals surface area contributed by atoms with E-state index in [0.717, 1.165) is 5.56 Å². The number of carbonyl (C=O) groups excluding carboxylic acids is 2. The molecule has 7 nitrogen and oxygen atoms in total. The lowest BCUT2D eigenvalue weighted by Crippen LogP contribution is -2.53. The zero-order chi connectivity index (χ0) is 22.4. The summed E-state index contributed by atoms with van der Waals surface area (Å²) >= 11 is 0. The fourth-order valence-corrected chi connectivity index (χ4v) is 3.17. The Balaban J connectivity index is 2.26. The van der Waals surface area contributed by atoms with Crippen LogP contribution in [0.2, 0.25) is 0 Å². The summed E-state index contributed by atoms with van der Waals surface area (Å²) in [6.45, 7) is 11.6. The monoisotopic (exact) mass is 419 g/mol. The first-order chi connectivity index (χ1) is 14.0. The molecule has 1 saturated heterocycles. The summed E-state index contributed by atoms with van der Waals surface area (Å²) in [6, 6.07) is 9.22. The lowest BCUT2D eigenvalue weighted by Gasteiger charge is -2.37. The minimum Gasteiger partial charge on any atom is -0.463 e. The first-order valence-electron chi connectivity index (χ1n) is 10.2. The molecular weight excluding hydrogens is 386 g/mol. The summed E-state index contributed by atoms with van der Waals surface area (Å²) in [5, 5.41) is 0. The van der Waals surface area contributed by atoms with Crippen molar-refractivity contribution in [2.45, 2.75) is 71.6 Å². The van der Waals surface area contributed by atoms with Gasteiger partial charge in [-0.2, -0.15) is 0 Å². The molecule has 1 aromatic rings. The van der Waals surface area contributed by atoms with Crippen LogP contribution in [0.25, 0.3) is 0 Å². The number of benzene rings is 1. The van der Waals surface area contributed by atoms with Crippen LogP contribution >= 0.6 is 0 Å². The SMILES string of the molecule is CCOC(=O)/C=C/[C@H](OCc1ccccc1)[C@H]1COC(C)(C)N1C(=O)OC(C)(C)C. The van der Waals surface area contributed by atoms with Crippen molar-refractivity contribution in [3.05, 3.63) is 48.0 Å². The van der Waals surface area contributed by atoms with Crippen LogP contribution in [0, 0.1) is 0 Å². The molecule has 1 aliphatic rings. The van der Waals surface area contributed by atoms with E-state index in [0.29, 0.717) is 6.61 Å². The molecule has 0 saturated carbocycles. The van der Waals surface area contributed by atoms with E-state index in [1.807, 2.05) is 51.1 Å². The van der Waals surface area contributed by atoms with Crippen molar-refractivity contribution < 1.29 is 28.5 Å². The Morgan fingerprint density at radius 2 is 1.93 bits per heavy atom. The average Bonchev–Trinajstić information content (AvgIpc) is 2.96. The van der Waals surface area contributed by atoms with Gasteiger partial charge in [0.15, 0.2) is 0 Å². The van der Waals surface area contributed by atoms with Gasteiger partial charge < -0.3 is 18.9 Å². The highest BCUT2D eigenvalue weighted by Gasteiger charge is 2.48. The van der Waals surface area contributed by atoms with Crippen LogP contribution in [0.1, 0.15) is 47.1 Å². The summed E-state index contributed by atoms with van der Waals surface area (Å²) in [4.78, 5) is 26.4. The third-order valence-corrected chi connectivity index (χ3v) is 4.48. The topological polar surface area (TPSA) is 74.3 Å². The molecule has 166 valence electrons. The molecule has 2 rings (SSSR count). The van der Waals surface area contributed by atoms with Crippen LogP contribution in [0.3, 0.4) is 0 Å². The van der Waals surface area contributed by atoms with E-state index in [1.54, 1.807) is 31.7 Å². The molecular formula is C23H33NO6. The number of carbonyl (C=O) groups is 2. The zero-order valence-electron chi connectivity index (χ0n) is 18.7. The molecule has 2 atom stereocenters. The standard InChI is InChI=1S/C23H33NO6/c1-7-27-20(25)14-13-19(28-15-17-11-9-8-10-12-17)18-16-29-23(5,6)24(18)21(26)30-22(2,3)4/h8-14,18-19H,7,15-16H2,1-6H3/b14-13+/t18-,19+/m1/s1. The summed E-state index contributed by atoms with van der Waals surface area (Å²) < 4.78 is 22.6. The molecule has 7 heteroatoms. The van der Waals surface area contributed by atoms with Crippen LogP contribution in [0.15, 0.2) is 42.5 Å². The van der Waals surface area contributed by atoms with E-state index in [-0.39, 0.29) is 13.2 Å². The highest BCUT2D eigenvalue weighted by Crippen LogP contribution is 2.32. The number of esters is 1. The predicted molar refractivity (Wildman–Crippen MR) is 113 cm³/mol. The van der Waals surface area contributed by atoms with Crippen molar-refractivity contribution in [1.82, 2.24) is 4.90 Å². The summed E-state index contributed by atoms with van der Waals surface area (Å²) in [5.74, 6) is -0.465. The van der Waals surface area contributed by atoms with Gasteiger partial charge in [0, 0.05) is 6.08 Å². The largest absolute Gasteiger partial charge is 0.463 e.